The summed E-state index contributed by atoms with van der Waals surface area (Å²) in [5.74, 6) is 1.78. The van der Waals surface area contributed by atoms with Gasteiger partial charge in [-0.3, -0.25) is 0 Å². The molecule has 4 heteroatoms. The zero-order valence-electron chi connectivity index (χ0n) is 9.61. The summed E-state index contributed by atoms with van der Waals surface area (Å²) in [5.41, 5.74) is 0. The van der Waals surface area contributed by atoms with E-state index in [9.17, 15) is 0 Å². The Morgan fingerprint density at radius 1 is 1.60 bits per heavy atom. The first-order valence-electron chi connectivity index (χ1n) is 5.86. The zero-order chi connectivity index (χ0) is 10.7. The molecule has 4 nitrogen and oxygen atoms in total. The monoisotopic (exact) mass is 208 g/mol. The van der Waals surface area contributed by atoms with Crippen molar-refractivity contribution in [3.63, 3.8) is 0 Å². The van der Waals surface area contributed by atoms with Crippen molar-refractivity contribution in [2.75, 3.05) is 13.1 Å². The van der Waals surface area contributed by atoms with E-state index in [4.69, 9.17) is 0 Å². The minimum atomic E-state index is 0.558. The topological polar surface area (TPSA) is 42.7 Å². The van der Waals surface area contributed by atoms with Crippen LogP contribution in [0.25, 0.3) is 0 Å². The van der Waals surface area contributed by atoms with Crippen LogP contribution in [-0.4, -0.2) is 27.9 Å². The van der Waals surface area contributed by atoms with Crippen molar-refractivity contribution in [3.05, 3.63) is 12.2 Å². The molecule has 0 spiro atoms. The van der Waals surface area contributed by atoms with Gasteiger partial charge in [0.25, 0.3) is 0 Å². The summed E-state index contributed by atoms with van der Waals surface area (Å²) in [6, 6.07) is 0.558. The molecule has 1 aliphatic heterocycles. The molecule has 1 atom stereocenters. The van der Waals surface area contributed by atoms with Crippen molar-refractivity contribution in [1.29, 1.82) is 0 Å². The number of hydrogen-bond acceptors (Lipinski definition) is 3. The lowest BCUT2D eigenvalue weighted by atomic mass is 10.1. The van der Waals surface area contributed by atoms with E-state index in [1.165, 1.54) is 12.8 Å². The van der Waals surface area contributed by atoms with Gasteiger partial charge in [0.05, 0.1) is 0 Å². The molecule has 0 saturated carbocycles. The number of nitrogens with one attached hydrogen (secondary N) is 1. The quantitative estimate of drug-likeness (QED) is 0.816. The third-order valence-electron chi connectivity index (χ3n) is 2.90. The molecule has 1 aromatic rings. The van der Waals surface area contributed by atoms with Crippen molar-refractivity contribution in [3.8, 4) is 0 Å². The first-order valence-corrected chi connectivity index (χ1v) is 5.86. The SMILES string of the molecule is CC(C)Cc1nncn1C1CCCNC1. The molecule has 2 heterocycles. The van der Waals surface area contributed by atoms with E-state index in [0.29, 0.717) is 12.0 Å². The van der Waals surface area contributed by atoms with Gasteiger partial charge in [0.2, 0.25) is 0 Å². The molecule has 1 aromatic heterocycles. The maximum atomic E-state index is 4.22. The molecule has 84 valence electrons. The van der Waals surface area contributed by atoms with Gasteiger partial charge in [-0.25, -0.2) is 0 Å². The van der Waals surface area contributed by atoms with Crippen LogP contribution in [0.2, 0.25) is 0 Å². The first-order chi connectivity index (χ1) is 7.27. The summed E-state index contributed by atoms with van der Waals surface area (Å²) in [6.45, 7) is 6.65. The van der Waals surface area contributed by atoms with Crippen LogP contribution in [0.4, 0.5) is 0 Å². The second kappa shape index (κ2) is 4.75. The summed E-state index contributed by atoms with van der Waals surface area (Å²) >= 11 is 0. The Morgan fingerprint density at radius 3 is 3.13 bits per heavy atom. The fourth-order valence-electron chi connectivity index (χ4n) is 2.15. The summed E-state index contributed by atoms with van der Waals surface area (Å²) in [6.07, 6.45) is 5.41. The van der Waals surface area contributed by atoms with Gasteiger partial charge in [0.1, 0.15) is 12.2 Å². The lowest BCUT2D eigenvalue weighted by Gasteiger charge is -2.25. The Hall–Kier alpha value is -0.900. The van der Waals surface area contributed by atoms with Crippen LogP contribution in [0.5, 0.6) is 0 Å². The van der Waals surface area contributed by atoms with Crippen molar-refractivity contribution in [1.82, 2.24) is 20.1 Å². The van der Waals surface area contributed by atoms with Crippen LogP contribution in [0.3, 0.4) is 0 Å². The van der Waals surface area contributed by atoms with Crippen LogP contribution in [0, 0.1) is 5.92 Å². The highest BCUT2D eigenvalue weighted by atomic mass is 15.3. The molecule has 0 aromatic carbocycles. The van der Waals surface area contributed by atoms with Gasteiger partial charge in [-0.15, -0.1) is 10.2 Å². The number of piperidine rings is 1. The summed E-state index contributed by atoms with van der Waals surface area (Å²) in [4.78, 5) is 0. The van der Waals surface area contributed by atoms with Gasteiger partial charge >= 0.3 is 0 Å². The summed E-state index contributed by atoms with van der Waals surface area (Å²) in [5, 5.41) is 11.7. The first kappa shape index (κ1) is 10.6. The second-order valence-electron chi connectivity index (χ2n) is 4.75. The highest BCUT2D eigenvalue weighted by Crippen LogP contribution is 2.18. The zero-order valence-corrected chi connectivity index (χ0v) is 9.61. The van der Waals surface area contributed by atoms with E-state index < -0.39 is 0 Å². The van der Waals surface area contributed by atoms with Gasteiger partial charge < -0.3 is 9.88 Å². The molecule has 15 heavy (non-hydrogen) atoms. The Bertz CT molecular complexity index is 299. The molecule has 2 rings (SSSR count). The largest absolute Gasteiger partial charge is 0.315 e. The lowest BCUT2D eigenvalue weighted by Crippen LogP contribution is -2.32. The summed E-state index contributed by atoms with van der Waals surface area (Å²) in [7, 11) is 0. The van der Waals surface area contributed by atoms with Gasteiger partial charge in [0, 0.05) is 19.0 Å². The van der Waals surface area contributed by atoms with Crippen molar-refractivity contribution in [2.24, 2.45) is 5.92 Å². The lowest BCUT2D eigenvalue weighted by molar-refractivity contribution is 0.359. The third kappa shape index (κ3) is 2.56. The fourth-order valence-corrected chi connectivity index (χ4v) is 2.15. The maximum absolute atomic E-state index is 4.22. The van der Waals surface area contributed by atoms with Crippen LogP contribution >= 0.6 is 0 Å². The van der Waals surface area contributed by atoms with Crippen molar-refractivity contribution in [2.45, 2.75) is 39.2 Å². The molecule has 1 saturated heterocycles. The van der Waals surface area contributed by atoms with E-state index in [1.807, 2.05) is 6.33 Å². The van der Waals surface area contributed by atoms with Gasteiger partial charge in [-0.2, -0.15) is 0 Å². The molecule has 0 bridgehead atoms. The highest BCUT2D eigenvalue weighted by molar-refractivity contribution is 4.92. The van der Waals surface area contributed by atoms with E-state index in [2.05, 4.69) is 33.9 Å². The van der Waals surface area contributed by atoms with Gasteiger partial charge in [-0.1, -0.05) is 13.8 Å². The molecule has 1 aliphatic rings. The minimum Gasteiger partial charge on any atom is -0.315 e. The van der Waals surface area contributed by atoms with E-state index in [1.54, 1.807) is 0 Å². The Labute approximate surface area is 91.1 Å². The van der Waals surface area contributed by atoms with E-state index in [0.717, 1.165) is 25.3 Å². The maximum Gasteiger partial charge on any atom is 0.133 e. The molecule has 1 fully saturated rings. The number of rotatable bonds is 3. The molecule has 1 N–H and O–H groups in total. The Kier molecular flexibility index (Phi) is 3.36. The predicted octanol–water partition coefficient (Wildman–Crippen LogP) is 1.40. The smallest absolute Gasteiger partial charge is 0.133 e. The fraction of sp³-hybridized carbons (Fsp3) is 0.818. The predicted molar refractivity (Wildman–Crippen MR) is 59.7 cm³/mol. The third-order valence-corrected chi connectivity index (χ3v) is 2.90. The van der Waals surface area contributed by atoms with Crippen LogP contribution in [-0.2, 0) is 6.42 Å². The molecule has 0 amide bonds. The van der Waals surface area contributed by atoms with Crippen molar-refractivity contribution < 1.29 is 0 Å². The number of aromatic nitrogens is 3. The summed E-state index contributed by atoms with van der Waals surface area (Å²) < 4.78 is 2.26. The van der Waals surface area contributed by atoms with Gasteiger partial charge in [0.15, 0.2) is 0 Å². The second-order valence-corrected chi connectivity index (χ2v) is 4.75. The molecule has 1 unspecified atom stereocenters. The van der Waals surface area contributed by atoms with Gasteiger partial charge in [-0.05, 0) is 25.3 Å². The number of hydrogen-bond donors (Lipinski definition) is 1. The van der Waals surface area contributed by atoms with Crippen LogP contribution in [0.1, 0.15) is 38.6 Å². The molecule has 0 radical (unpaired) electrons. The highest BCUT2D eigenvalue weighted by Gasteiger charge is 2.18. The van der Waals surface area contributed by atoms with Crippen molar-refractivity contribution >= 4 is 0 Å². The Balaban J connectivity index is 2.09. The minimum absolute atomic E-state index is 0.558. The molecular weight excluding hydrogens is 188 g/mol. The van der Waals surface area contributed by atoms with Crippen LogP contribution in [0.15, 0.2) is 6.33 Å². The normalized spacial score (nSPS) is 22.2. The van der Waals surface area contributed by atoms with Crippen LogP contribution < -0.4 is 5.32 Å². The van der Waals surface area contributed by atoms with E-state index in [-0.39, 0.29) is 0 Å². The Morgan fingerprint density at radius 2 is 2.47 bits per heavy atom. The molecular formula is C11H20N4. The standard InChI is InChI=1S/C11H20N4/c1-9(2)6-11-14-13-8-15(11)10-4-3-5-12-7-10/h8-10,12H,3-7H2,1-2H3. The average Bonchev–Trinajstić information content (AvgIpc) is 2.66. The van der Waals surface area contributed by atoms with E-state index >= 15 is 0 Å². The average molecular weight is 208 g/mol. The number of nitrogens with zero attached hydrogens (tertiary/aromatic N) is 3. The molecule has 0 aliphatic carbocycles.